The van der Waals surface area contributed by atoms with Crippen molar-refractivity contribution in [2.45, 2.75) is 17.2 Å². The third-order valence-electron chi connectivity index (χ3n) is 1.68. The summed E-state index contributed by atoms with van der Waals surface area (Å²) in [5, 5.41) is 0.0380. The van der Waals surface area contributed by atoms with Gasteiger partial charge in [0, 0.05) is 0 Å². The van der Waals surface area contributed by atoms with E-state index in [0.29, 0.717) is 0 Å². The molecule has 0 aliphatic rings. The van der Waals surface area contributed by atoms with Crippen LogP contribution in [0.1, 0.15) is 6.92 Å². The summed E-state index contributed by atoms with van der Waals surface area (Å²) in [5.41, 5.74) is 5.71. The molecule has 1 aromatic carbocycles. The van der Waals surface area contributed by atoms with E-state index in [1.54, 1.807) is 26.0 Å². The number of thioether (sulfide) groups is 1. The lowest BCUT2D eigenvalue weighted by Crippen LogP contribution is -2.09. The highest BCUT2D eigenvalue weighted by molar-refractivity contribution is 8.00. The van der Waals surface area contributed by atoms with Crippen molar-refractivity contribution in [2.24, 2.45) is 5.73 Å². The molecule has 0 radical (unpaired) electrons. The van der Waals surface area contributed by atoms with Gasteiger partial charge in [-0.25, -0.2) is 0 Å². The highest BCUT2D eigenvalue weighted by Crippen LogP contribution is 2.33. The molecule has 3 nitrogen and oxygen atoms in total. The fourth-order valence-corrected chi connectivity index (χ4v) is 1.93. The summed E-state index contributed by atoms with van der Waals surface area (Å²) in [7, 11) is 3.29. The van der Waals surface area contributed by atoms with E-state index in [0.717, 1.165) is 16.4 Å². The molecular weight excluding hydrogens is 198 g/mol. The maximum Gasteiger partial charge on any atom is 0.132 e. The van der Waals surface area contributed by atoms with Crippen molar-refractivity contribution < 1.29 is 9.47 Å². The van der Waals surface area contributed by atoms with Gasteiger partial charge in [-0.2, -0.15) is 0 Å². The Balaban J connectivity index is 2.96. The molecule has 4 heteroatoms. The van der Waals surface area contributed by atoms with Crippen molar-refractivity contribution in [3.05, 3.63) is 18.2 Å². The van der Waals surface area contributed by atoms with E-state index < -0.39 is 0 Å². The van der Waals surface area contributed by atoms with E-state index in [1.165, 1.54) is 0 Å². The van der Waals surface area contributed by atoms with E-state index in [1.807, 2.05) is 25.1 Å². The number of hydrogen-bond acceptors (Lipinski definition) is 4. The van der Waals surface area contributed by atoms with Crippen LogP contribution in [0.5, 0.6) is 11.5 Å². The van der Waals surface area contributed by atoms with Gasteiger partial charge in [-0.15, -0.1) is 11.8 Å². The summed E-state index contributed by atoms with van der Waals surface area (Å²) in [6.45, 7) is 1.93. The smallest absolute Gasteiger partial charge is 0.132 e. The van der Waals surface area contributed by atoms with Crippen LogP contribution in [0.15, 0.2) is 23.1 Å². The summed E-state index contributed by atoms with van der Waals surface area (Å²) >= 11 is 1.55. The fourth-order valence-electron chi connectivity index (χ4n) is 1.08. The van der Waals surface area contributed by atoms with E-state index in [-0.39, 0.29) is 5.37 Å². The molecule has 0 bridgehead atoms. The zero-order valence-electron chi connectivity index (χ0n) is 8.61. The van der Waals surface area contributed by atoms with Crippen LogP contribution in [0, 0.1) is 0 Å². The lowest BCUT2D eigenvalue weighted by molar-refractivity contribution is 0.394. The molecule has 0 saturated carbocycles. The molecule has 0 aromatic heterocycles. The van der Waals surface area contributed by atoms with Crippen molar-refractivity contribution in [2.75, 3.05) is 14.2 Å². The fraction of sp³-hybridized carbons (Fsp3) is 0.400. The maximum atomic E-state index is 5.71. The zero-order chi connectivity index (χ0) is 10.6. The highest BCUT2D eigenvalue weighted by Gasteiger charge is 2.07. The third kappa shape index (κ3) is 2.82. The Bertz CT molecular complexity index is 302. The summed E-state index contributed by atoms with van der Waals surface area (Å²) < 4.78 is 10.3. The first kappa shape index (κ1) is 11.2. The van der Waals surface area contributed by atoms with Gasteiger partial charge in [-0.05, 0) is 25.1 Å². The van der Waals surface area contributed by atoms with Crippen molar-refractivity contribution >= 4 is 11.8 Å². The Morgan fingerprint density at radius 1 is 1.29 bits per heavy atom. The van der Waals surface area contributed by atoms with E-state index in [9.17, 15) is 0 Å². The van der Waals surface area contributed by atoms with Crippen molar-refractivity contribution in [3.63, 3.8) is 0 Å². The monoisotopic (exact) mass is 213 g/mol. The van der Waals surface area contributed by atoms with E-state index in [2.05, 4.69) is 0 Å². The molecule has 14 heavy (non-hydrogen) atoms. The zero-order valence-corrected chi connectivity index (χ0v) is 9.43. The first-order valence-electron chi connectivity index (χ1n) is 4.31. The molecule has 0 spiro atoms. The standard InChI is InChI=1S/C10H15NO2S/c1-7(11)14-10-6-8(12-2)4-5-9(10)13-3/h4-7H,11H2,1-3H3. The van der Waals surface area contributed by atoms with Crippen LogP contribution in [-0.2, 0) is 0 Å². The van der Waals surface area contributed by atoms with Gasteiger partial charge in [0.15, 0.2) is 0 Å². The minimum Gasteiger partial charge on any atom is -0.497 e. The Morgan fingerprint density at radius 3 is 2.50 bits per heavy atom. The first-order valence-corrected chi connectivity index (χ1v) is 5.19. The molecule has 0 saturated heterocycles. The largest absolute Gasteiger partial charge is 0.497 e. The van der Waals surface area contributed by atoms with Crippen LogP contribution in [0.3, 0.4) is 0 Å². The second-order valence-corrected chi connectivity index (χ2v) is 4.26. The highest BCUT2D eigenvalue weighted by atomic mass is 32.2. The minimum atomic E-state index is 0.0380. The predicted molar refractivity (Wildman–Crippen MR) is 59.1 cm³/mol. The summed E-state index contributed by atoms with van der Waals surface area (Å²) in [5.74, 6) is 1.64. The summed E-state index contributed by atoms with van der Waals surface area (Å²) in [4.78, 5) is 1.00. The van der Waals surface area contributed by atoms with Gasteiger partial charge in [0.1, 0.15) is 11.5 Å². The number of ether oxygens (including phenoxy) is 2. The number of methoxy groups -OCH3 is 2. The normalized spacial score (nSPS) is 12.3. The van der Waals surface area contributed by atoms with Gasteiger partial charge in [0.05, 0.1) is 24.5 Å². The molecule has 1 unspecified atom stereocenters. The molecule has 0 heterocycles. The van der Waals surface area contributed by atoms with Gasteiger partial charge in [0.2, 0.25) is 0 Å². The van der Waals surface area contributed by atoms with Crippen LogP contribution >= 0.6 is 11.8 Å². The SMILES string of the molecule is COc1ccc(OC)c(SC(C)N)c1. The average Bonchev–Trinajstić information content (AvgIpc) is 2.16. The third-order valence-corrected chi connectivity index (χ3v) is 2.63. The number of nitrogens with two attached hydrogens (primary N) is 1. The molecular formula is C10H15NO2S. The molecule has 1 atom stereocenters. The van der Waals surface area contributed by atoms with Crippen molar-refractivity contribution in [1.82, 2.24) is 0 Å². The Morgan fingerprint density at radius 2 is 2.00 bits per heavy atom. The molecule has 78 valence electrons. The lowest BCUT2D eigenvalue weighted by atomic mass is 10.3. The van der Waals surface area contributed by atoms with Crippen LogP contribution in [0.25, 0.3) is 0 Å². The van der Waals surface area contributed by atoms with Crippen LogP contribution < -0.4 is 15.2 Å². The Hall–Kier alpha value is -0.870. The lowest BCUT2D eigenvalue weighted by Gasteiger charge is -2.11. The van der Waals surface area contributed by atoms with Gasteiger partial charge >= 0.3 is 0 Å². The van der Waals surface area contributed by atoms with Crippen LogP contribution in [-0.4, -0.2) is 19.6 Å². The molecule has 1 aromatic rings. The van der Waals surface area contributed by atoms with Crippen LogP contribution in [0.2, 0.25) is 0 Å². The van der Waals surface area contributed by atoms with Gasteiger partial charge < -0.3 is 15.2 Å². The maximum absolute atomic E-state index is 5.71. The average molecular weight is 213 g/mol. The minimum absolute atomic E-state index is 0.0380. The van der Waals surface area contributed by atoms with Crippen molar-refractivity contribution in [3.8, 4) is 11.5 Å². The second kappa shape index (κ2) is 5.12. The number of rotatable bonds is 4. The number of benzene rings is 1. The van der Waals surface area contributed by atoms with Gasteiger partial charge in [0.25, 0.3) is 0 Å². The van der Waals surface area contributed by atoms with Crippen LogP contribution in [0.4, 0.5) is 0 Å². The molecule has 0 aliphatic carbocycles. The summed E-state index contributed by atoms with van der Waals surface area (Å²) in [6.07, 6.45) is 0. The Labute approximate surface area is 88.6 Å². The van der Waals surface area contributed by atoms with Gasteiger partial charge in [-0.3, -0.25) is 0 Å². The molecule has 2 N–H and O–H groups in total. The summed E-state index contributed by atoms with van der Waals surface area (Å²) in [6, 6.07) is 5.67. The molecule has 0 amide bonds. The van der Waals surface area contributed by atoms with E-state index in [4.69, 9.17) is 15.2 Å². The van der Waals surface area contributed by atoms with E-state index >= 15 is 0 Å². The first-order chi connectivity index (χ1) is 6.67. The van der Waals surface area contributed by atoms with Crippen molar-refractivity contribution in [1.29, 1.82) is 0 Å². The second-order valence-electron chi connectivity index (χ2n) is 2.84. The molecule has 1 rings (SSSR count). The Kier molecular flexibility index (Phi) is 4.10. The number of hydrogen-bond donors (Lipinski definition) is 1. The van der Waals surface area contributed by atoms with Gasteiger partial charge in [-0.1, -0.05) is 0 Å². The predicted octanol–water partition coefficient (Wildman–Crippen LogP) is 2.10. The molecule has 0 aliphatic heterocycles. The quantitative estimate of drug-likeness (QED) is 0.614. The topological polar surface area (TPSA) is 44.5 Å². The molecule has 0 fully saturated rings.